The number of carbonyl (C=O) groups is 3. The summed E-state index contributed by atoms with van der Waals surface area (Å²) in [7, 11) is 4.69. The molecule has 1 saturated heterocycles. The van der Waals surface area contributed by atoms with Gasteiger partial charge in [-0.15, -0.1) is 11.3 Å². The number of nitrogens with one attached hydrogen (secondary N) is 1. The summed E-state index contributed by atoms with van der Waals surface area (Å²) in [5.41, 5.74) is 1.48. The van der Waals surface area contributed by atoms with Crippen molar-refractivity contribution in [3.05, 3.63) is 57.4 Å². The summed E-state index contributed by atoms with van der Waals surface area (Å²) < 4.78 is 16.5. The van der Waals surface area contributed by atoms with E-state index >= 15 is 0 Å². The predicted molar refractivity (Wildman–Crippen MR) is 139 cm³/mol. The molecule has 198 valence electrons. The molecule has 2 aliphatic heterocycles. The van der Waals surface area contributed by atoms with E-state index in [2.05, 4.69) is 10.2 Å². The number of likely N-dealkylation sites (N-methyl/N-ethyl adjacent to an activating group) is 1. The van der Waals surface area contributed by atoms with Crippen LogP contribution in [0.1, 0.15) is 28.2 Å². The smallest absolute Gasteiger partial charge is 0.338 e. The van der Waals surface area contributed by atoms with Crippen molar-refractivity contribution < 1.29 is 28.6 Å². The number of hydrogen-bond donors (Lipinski definition) is 1. The molecule has 1 aromatic carbocycles. The van der Waals surface area contributed by atoms with E-state index in [0.717, 1.165) is 4.88 Å². The molecule has 0 bridgehead atoms. The zero-order valence-corrected chi connectivity index (χ0v) is 22.3. The molecule has 3 heterocycles. The van der Waals surface area contributed by atoms with Gasteiger partial charge in [0.2, 0.25) is 0 Å². The molecule has 1 aromatic heterocycles. The number of amides is 3. The molecule has 1 fully saturated rings. The maximum absolute atomic E-state index is 13.3. The lowest BCUT2D eigenvalue weighted by atomic mass is 9.93. The minimum Gasteiger partial charge on any atom is -0.493 e. The molecule has 10 nitrogen and oxygen atoms in total. The van der Waals surface area contributed by atoms with Crippen molar-refractivity contribution in [2.75, 3.05) is 60.6 Å². The first-order valence-electron chi connectivity index (χ1n) is 12.1. The lowest BCUT2D eigenvalue weighted by Crippen LogP contribution is -2.53. The molecule has 1 atom stereocenters. The molecule has 0 spiro atoms. The fraction of sp³-hybridized carbons (Fsp3) is 0.423. The highest BCUT2D eigenvalue weighted by molar-refractivity contribution is 7.12. The van der Waals surface area contributed by atoms with Crippen LogP contribution in [0.15, 0.2) is 47.0 Å². The van der Waals surface area contributed by atoms with E-state index in [-0.39, 0.29) is 18.5 Å². The van der Waals surface area contributed by atoms with Gasteiger partial charge in [0, 0.05) is 51.0 Å². The molecule has 0 aliphatic carbocycles. The van der Waals surface area contributed by atoms with Crippen LogP contribution in [0.5, 0.6) is 11.5 Å². The largest absolute Gasteiger partial charge is 0.493 e. The number of carbonyl (C=O) groups excluding carboxylic acids is 3. The average molecular weight is 529 g/mol. The normalized spacial score (nSPS) is 18.5. The van der Waals surface area contributed by atoms with Gasteiger partial charge in [-0.3, -0.25) is 14.6 Å². The van der Waals surface area contributed by atoms with Crippen LogP contribution in [0.3, 0.4) is 0 Å². The topological polar surface area (TPSA) is 101 Å². The van der Waals surface area contributed by atoms with Crippen LogP contribution in [0.2, 0.25) is 0 Å². The van der Waals surface area contributed by atoms with Gasteiger partial charge in [0.1, 0.15) is 0 Å². The van der Waals surface area contributed by atoms with E-state index in [9.17, 15) is 14.4 Å². The van der Waals surface area contributed by atoms with Crippen molar-refractivity contribution >= 4 is 29.2 Å². The van der Waals surface area contributed by atoms with Crippen molar-refractivity contribution in [1.82, 2.24) is 20.0 Å². The van der Waals surface area contributed by atoms with Crippen LogP contribution in [-0.4, -0.2) is 93.2 Å². The summed E-state index contributed by atoms with van der Waals surface area (Å²) in [6.45, 7) is 4.62. The van der Waals surface area contributed by atoms with Gasteiger partial charge >= 0.3 is 12.0 Å². The number of thiophene rings is 1. The molecule has 2 aromatic rings. The Bertz CT molecular complexity index is 1170. The Labute approximate surface area is 220 Å². The number of piperazine rings is 1. The number of rotatable bonds is 8. The highest BCUT2D eigenvalue weighted by Crippen LogP contribution is 2.40. The number of hydrogen-bond acceptors (Lipinski definition) is 8. The summed E-state index contributed by atoms with van der Waals surface area (Å²) in [6.07, 6.45) is 0. The molecular formula is C26H32N4O6S. The standard InChI is InChI=1S/C26H32N4O6S/c1-5-36-25(32)21-18(16-29-11-13-30(14-12-29)24(31)20-10-7-15-37-20)28(2)26(33)27-22(21)17-8-6-9-19(34-3)23(17)35-4/h6-10,15,22H,5,11-14,16H2,1-4H3,(H,27,33). The van der Waals surface area contributed by atoms with Crippen LogP contribution in [0.4, 0.5) is 4.79 Å². The molecule has 4 rings (SSSR count). The second-order valence-electron chi connectivity index (χ2n) is 8.65. The van der Waals surface area contributed by atoms with Crippen LogP contribution in [0.25, 0.3) is 0 Å². The first-order valence-corrected chi connectivity index (χ1v) is 13.0. The monoisotopic (exact) mass is 528 g/mol. The summed E-state index contributed by atoms with van der Waals surface area (Å²) >= 11 is 1.43. The molecule has 1 unspecified atom stereocenters. The molecule has 2 aliphatic rings. The number of methoxy groups -OCH3 is 2. The zero-order valence-electron chi connectivity index (χ0n) is 21.5. The Morgan fingerprint density at radius 2 is 1.84 bits per heavy atom. The fourth-order valence-electron chi connectivity index (χ4n) is 4.65. The first kappa shape index (κ1) is 26.5. The van der Waals surface area contributed by atoms with E-state index in [1.807, 2.05) is 22.4 Å². The number of benzene rings is 1. The van der Waals surface area contributed by atoms with E-state index in [1.165, 1.54) is 30.5 Å². The highest BCUT2D eigenvalue weighted by Gasteiger charge is 2.39. The fourth-order valence-corrected chi connectivity index (χ4v) is 5.34. The minimum atomic E-state index is -0.788. The maximum atomic E-state index is 13.3. The minimum absolute atomic E-state index is 0.0282. The Balaban J connectivity index is 1.65. The quantitative estimate of drug-likeness (QED) is 0.526. The van der Waals surface area contributed by atoms with Gasteiger partial charge in [-0.05, 0) is 24.4 Å². The van der Waals surface area contributed by atoms with Gasteiger partial charge in [0.15, 0.2) is 11.5 Å². The van der Waals surface area contributed by atoms with Gasteiger partial charge in [-0.25, -0.2) is 9.59 Å². The van der Waals surface area contributed by atoms with E-state index < -0.39 is 12.0 Å². The summed E-state index contributed by atoms with van der Waals surface area (Å²) in [5.74, 6) is 0.442. The Morgan fingerprint density at radius 3 is 2.46 bits per heavy atom. The van der Waals surface area contributed by atoms with Crippen LogP contribution in [0, 0.1) is 0 Å². The van der Waals surface area contributed by atoms with Gasteiger partial charge in [-0.1, -0.05) is 18.2 Å². The van der Waals surface area contributed by atoms with E-state index in [1.54, 1.807) is 32.2 Å². The van der Waals surface area contributed by atoms with Crippen molar-refractivity contribution in [2.45, 2.75) is 13.0 Å². The van der Waals surface area contributed by atoms with Crippen molar-refractivity contribution in [2.24, 2.45) is 0 Å². The molecular weight excluding hydrogens is 496 g/mol. The van der Waals surface area contributed by atoms with E-state index in [0.29, 0.717) is 61.1 Å². The Morgan fingerprint density at radius 1 is 1.08 bits per heavy atom. The van der Waals surface area contributed by atoms with Gasteiger partial charge in [-0.2, -0.15) is 0 Å². The number of ether oxygens (including phenoxy) is 3. The van der Waals surface area contributed by atoms with Gasteiger partial charge in [0.05, 0.1) is 37.3 Å². The summed E-state index contributed by atoms with van der Waals surface area (Å²) in [5, 5.41) is 4.82. The summed E-state index contributed by atoms with van der Waals surface area (Å²) in [6, 6.07) is 7.91. The van der Waals surface area contributed by atoms with Gasteiger partial charge < -0.3 is 24.4 Å². The molecule has 0 saturated carbocycles. The second kappa shape index (κ2) is 11.7. The molecule has 3 amide bonds. The zero-order chi connectivity index (χ0) is 26.5. The molecule has 1 N–H and O–H groups in total. The predicted octanol–water partition coefficient (Wildman–Crippen LogP) is 2.74. The third kappa shape index (κ3) is 5.42. The number of urea groups is 1. The van der Waals surface area contributed by atoms with E-state index in [4.69, 9.17) is 14.2 Å². The van der Waals surface area contributed by atoms with Crippen LogP contribution in [-0.2, 0) is 9.53 Å². The highest BCUT2D eigenvalue weighted by atomic mass is 32.1. The number of para-hydroxylation sites is 1. The number of nitrogens with zero attached hydrogens (tertiary/aromatic N) is 3. The van der Waals surface area contributed by atoms with Crippen molar-refractivity contribution in [1.29, 1.82) is 0 Å². The first-order chi connectivity index (χ1) is 17.9. The van der Waals surface area contributed by atoms with Crippen molar-refractivity contribution in [3.63, 3.8) is 0 Å². The molecule has 11 heteroatoms. The van der Waals surface area contributed by atoms with Crippen molar-refractivity contribution in [3.8, 4) is 11.5 Å². The van der Waals surface area contributed by atoms with Crippen LogP contribution < -0.4 is 14.8 Å². The second-order valence-corrected chi connectivity index (χ2v) is 9.60. The molecule has 37 heavy (non-hydrogen) atoms. The third-order valence-electron chi connectivity index (χ3n) is 6.58. The average Bonchev–Trinajstić information content (AvgIpc) is 3.46. The third-order valence-corrected chi connectivity index (χ3v) is 7.44. The lowest BCUT2D eigenvalue weighted by molar-refractivity contribution is -0.139. The number of esters is 1. The SMILES string of the molecule is CCOC(=O)C1=C(CN2CCN(C(=O)c3cccs3)CC2)N(C)C(=O)NC1c1cccc(OC)c1OC. The summed E-state index contributed by atoms with van der Waals surface area (Å²) in [4.78, 5) is 45.3. The maximum Gasteiger partial charge on any atom is 0.338 e. The lowest BCUT2D eigenvalue weighted by Gasteiger charge is -2.39. The van der Waals surface area contributed by atoms with Gasteiger partial charge in [0.25, 0.3) is 5.91 Å². The Kier molecular flexibility index (Phi) is 8.34. The van der Waals surface area contributed by atoms with Crippen LogP contribution >= 0.6 is 11.3 Å². The molecule has 0 radical (unpaired) electrons. The Hall–Kier alpha value is -3.57.